The zero-order valence-electron chi connectivity index (χ0n) is 7.92. The van der Waals surface area contributed by atoms with Gasteiger partial charge in [-0.15, -0.1) is 0 Å². The van der Waals surface area contributed by atoms with Crippen LogP contribution in [0.4, 0.5) is 11.6 Å². The number of hydrogen-bond donors (Lipinski definition) is 1. The molecule has 1 heterocycles. The molecule has 0 amide bonds. The highest BCUT2D eigenvalue weighted by Gasteiger charge is 2.04. The smallest absolute Gasteiger partial charge is 0.227 e. The van der Waals surface area contributed by atoms with Crippen molar-refractivity contribution in [2.75, 3.05) is 5.32 Å². The molecule has 6 heteroatoms. The fourth-order valence-corrected chi connectivity index (χ4v) is 1.91. The van der Waals surface area contributed by atoms with Crippen LogP contribution in [0.25, 0.3) is 0 Å². The highest BCUT2D eigenvalue weighted by atomic mass is 127. The molecule has 0 aliphatic rings. The van der Waals surface area contributed by atoms with Crippen LogP contribution >= 0.6 is 50.1 Å². The Bertz CT molecular complexity index is 504. The molecule has 0 unspecified atom stereocenters. The van der Waals surface area contributed by atoms with Crippen LogP contribution in [0.5, 0.6) is 0 Å². The molecular weight excluding hydrogens is 404 g/mol. The summed E-state index contributed by atoms with van der Waals surface area (Å²) in [6, 6.07) is 5.57. The number of halogens is 3. The summed E-state index contributed by atoms with van der Waals surface area (Å²) >= 11 is 11.5. The third kappa shape index (κ3) is 2.83. The number of anilines is 2. The third-order valence-electron chi connectivity index (χ3n) is 1.82. The maximum absolute atomic E-state index is 5.98. The topological polar surface area (TPSA) is 37.8 Å². The highest BCUT2D eigenvalue weighted by molar-refractivity contribution is 14.1. The van der Waals surface area contributed by atoms with Crippen molar-refractivity contribution < 1.29 is 0 Å². The zero-order valence-corrected chi connectivity index (χ0v) is 12.4. The molecule has 0 aliphatic carbocycles. The Morgan fingerprint density at radius 2 is 1.94 bits per heavy atom. The van der Waals surface area contributed by atoms with Gasteiger partial charge in [0.05, 0.1) is 15.2 Å². The van der Waals surface area contributed by atoms with E-state index in [1.807, 2.05) is 18.2 Å². The molecule has 2 aromatic rings. The molecule has 82 valence electrons. The van der Waals surface area contributed by atoms with E-state index < -0.39 is 0 Å². The van der Waals surface area contributed by atoms with Gasteiger partial charge in [0, 0.05) is 16.0 Å². The number of nitrogens with zero attached hydrogens (tertiary/aromatic N) is 2. The molecule has 0 fully saturated rings. The molecular formula is C10H6BrClIN3. The van der Waals surface area contributed by atoms with Crippen molar-refractivity contribution in [3.63, 3.8) is 0 Å². The van der Waals surface area contributed by atoms with Gasteiger partial charge in [-0.1, -0.05) is 17.7 Å². The van der Waals surface area contributed by atoms with Crippen LogP contribution in [0.15, 0.2) is 35.1 Å². The summed E-state index contributed by atoms with van der Waals surface area (Å²) in [5, 5.41) is 3.73. The summed E-state index contributed by atoms with van der Waals surface area (Å²) in [6.07, 6.45) is 3.49. The first-order chi connectivity index (χ1) is 7.66. The van der Waals surface area contributed by atoms with Crippen molar-refractivity contribution in [2.45, 2.75) is 0 Å². The van der Waals surface area contributed by atoms with Crippen LogP contribution in [0.1, 0.15) is 0 Å². The molecule has 1 N–H and O–H groups in total. The van der Waals surface area contributed by atoms with Gasteiger partial charge in [0.25, 0.3) is 0 Å². The Morgan fingerprint density at radius 1 is 1.25 bits per heavy atom. The fourth-order valence-electron chi connectivity index (χ4n) is 1.10. The van der Waals surface area contributed by atoms with Gasteiger partial charge in [-0.2, -0.15) is 0 Å². The predicted molar refractivity (Wildman–Crippen MR) is 77.2 cm³/mol. The minimum Gasteiger partial charge on any atom is -0.323 e. The molecule has 16 heavy (non-hydrogen) atoms. The third-order valence-corrected chi connectivity index (χ3v) is 3.77. The Labute approximate surface area is 120 Å². The second kappa shape index (κ2) is 5.29. The normalized spacial score (nSPS) is 10.2. The van der Waals surface area contributed by atoms with Gasteiger partial charge >= 0.3 is 0 Å². The minimum atomic E-state index is 0.545. The second-order valence-corrected chi connectivity index (χ2v) is 5.40. The highest BCUT2D eigenvalue weighted by Crippen LogP contribution is 2.31. The number of aromatic nitrogens is 2. The van der Waals surface area contributed by atoms with E-state index in [9.17, 15) is 0 Å². The van der Waals surface area contributed by atoms with Crippen LogP contribution < -0.4 is 5.32 Å². The minimum absolute atomic E-state index is 0.545. The molecule has 0 radical (unpaired) electrons. The number of nitrogens with one attached hydrogen (secondary N) is 1. The summed E-state index contributed by atoms with van der Waals surface area (Å²) in [4.78, 5) is 8.30. The van der Waals surface area contributed by atoms with Crippen molar-refractivity contribution in [3.05, 3.63) is 43.7 Å². The van der Waals surface area contributed by atoms with E-state index >= 15 is 0 Å². The second-order valence-electron chi connectivity index (χ2n) is 2.95. The van der Waals surface area contributed by atoms with Gasteiger partial charge < -0.3 is 5.32 Å². The average Bonchev–Trinajstić information content (AvgIpc) is 2.28. The fraction of sp³-hybridized carbons (Fsp3) is 0. The Morgan fingerprint density at radius 3 is 2.62 bits per heavy atom. The van der Waals surface area contributed by atoms with Crippen molar-refractivity contribution in [3.8, 4) is 0 Å². The lowest BCUT2D eigenvalue weighted by molar-refractivity contribution is 1.15. The van der Waals surface area contributed by atoms with Gasteiger partial charge in [-0.05, 0) is 50.7 Å². The Kier molecular flexibility index (Phi) is 3.99. The maximum atomic E-state index is 5.98. The van der Waals surface area contributed by atoms with Crippen LogP contribution in [0.3, 0.4) is 0 Å². The standard InChI is InChI=1S/C10H6BrClIN3/c11-9-7(12)2-1-3-8(9)16-10-14-4-6(13)5-15-10/h1-5H,(H,14,15,16). The monoisotopic (exact) mass is 409 g/mol. The lowest BCUT2D eigenvalue weighted by Crippen LogP contribution is -1.97. The maximum Gasteiger partial charge on any atom is 0.227 e. The van der Waals surface area contributed by atoms with E-state index in [1.54, 1.807) is 12.4 Å². The molecule has 0 saturated carbocycles. The summed E-state index contributed by atoms with van der Waals surface area (Å²) < 4.78 is 1.80. The first-order valence-electron chi connectivity index (χ1n) is 4.35. The summed E-state index contributed by atoms with van der Waals surface area (Å²) in [5.74, 6) is 0.545. The molecule has 0 bridgehead atoms. The molecule has 0 spiro atoms. The Hall–Kier alpha value is -0.400. The van der Waals surface area contributed by atoms with Crippen LogP contribution in [-0.2, 0) is 0 Å². The van der Waals surface area contributed by atoms with E-state index in [2.05, 4.69) is 53.8 Å². The molecule has 0 aliphatic heterocycles. The molecule has 0 saturated heterocycles. The van der Waals surface area contributed by atoms with Crippen LogP contribution in [0, 0.1) is 3.57 Å². The summed E-state index contributed by atoms with van der Waals surface area (Å²) in [7, 11) is 0. The number of benzene rings is 1. The molecule has 3 nitrogen and oxygen atoms in total. The van der Waals surface area contributed by atoms with Gasteiger partial charge in [0.1, 0.15) is 0 Å². The first kappa shape index (κ1) is 12.1. The zero-order chi connectivity index (χ0) is 11.5. The lowest BCUT2D eigenvalue weighted by atomic mass is 10.3. The number of hydrogen-bond acceptors (Lipinski definition) is 3. The van der Waals surface area contributed by atoms with Gasteiger partial charge in [0.15, 0.2) is 0 Å². The molecule has 1 aromatic carbocycles. The van der Waals surface area contributed by atoms with Crippen LogP contribution in [0.2, 0.25) is 5.02 Å². The lowest BCUT2D eigenvalue weighted by Gasteiger charge is -2.07. The van der Waals surface area contributed by atoms with E-state index in [0.717, 1.165) is 13.7 Å². The summed E-state index contributed by atoms with van der Waals surface area (Å²) in [6.45, 7) is 0. The summed E-state index contributed by atoms with van der Waals surface area (Å²) in [5.41, 5.74) is 0.841. The van der Waals surface area contributed by atoms with Crippen molar-refractivity contribution >= 4 is 61.8 Å². The molecule has 1 aromatic heterocycles. The van der Waals surface area contributed by atoms with Gasteiger partial charge in [-0.3, -0.25) is 0 Å². The van der Waals surface area contributed by atoms with Crippen molar-refractivity contribution in [1.82, 2.24) is 9.97 Å². The SMILES string of the molecule is Clc1cccc(Nc2ncc(I)cn2)c1Br. The molecule has 0 atom stereocenters. The van der Waals surface area contributed by atoms with E-state index in [-0.39, 0.29) is 0 Å². The molecule has 2 rings (SSSR count). The van der Waals surface area contributed by atoms with E-state index in [0.29, 0.717) is 11.0 Å². The number of rotatable bonds is 2. The van der Waals surface area contributed by atoms with Crippen molar-refractivity contribution in [1.29, 1.82) is 0 Å². The van der Waals surface area contributed by atoms with Crippen molar-refractivity contribution in [2.24, 2.45) is 0 Å². The Balaban J connectivity index is 2.27. The van der Waals surface area contributed by atoms with Crippen LogP contribution in [-0.4, -0.2) is 9.97 Å². The quantitative estimate of drug-likeness (QED) is 0.753. The first-order valence-corrected chi connectivity index (χ1v) is 6.60. The van der Waals surface area contributed by atoms with E-state index in [4.69, 9.17) is 11.6 Å². The van der Waals surface area contributed by atoms with Gasteiger partial charge in [-0.25, -0.2) is 9.97 Å². The van der Waals surface area contributed by atoms with Gasteiger partial charge in [0.2, 0.25) is 5.95 Å². The average molecular weight is 410 g/mol. The largest absolute Gasteiger partial charge is 0.323 e. The predicted octanol–water partition coefficient (Wildman–Crippen LogP) is 4.24. The van der Waals surface area contributed by atoms with E-state index in [1.165, 1.54) is 0 Å².